The van der Waals surface area contributed by atoms with Crippen LogP contribution in [-0.4, -0.2) is 47.3 Å². The summed E-state index contributed by atoms with van der Waals surface area (Å²) in [6.07, 6.45) is 0.317. The predicted octanol–water partition coefficient (Wildman–Crippen LogP) is 3.81. The lowest BCUT2D eigenvalue weighted by Crippen LogP contribution is -2.46. The van der Waals surface area contributed by atoms with Crippen LogP contribution < -0.4 is 5.48 Å². The van der Waals surface area contributed by atoms with E-state index in [2.05, 4.69) is 5.48 Å². The van der Waals surface area contributed by atoms with E-state index < -0.39 is 23.7 Å². The number of hydroxylamine groups is 1. The minimum Gasteiger partial charge on any atom is -0.480 e. The highest BCUT2D eigenvalue weighted by Gasteiger charge is 2.30. The zero-order valence-electron chi connectivity index (χ0n) is 18.6. The molecule has 0 aliphatic carbocycles. The maximum Gasteiger partial charge on any atom is 0.410 e. The molecule has 0 radical (unpaired) electrons. The van der Waals surface area contributed by atoms with E-state index in [4.69, 9.17) is 9.57 Å². The summed E-state index contributed by atoms with van der Waals surface area (Å²) in [6.45, 7) is 6.39. The molecule has 0 unspecified atom stereocenters. The normalized spacial score (nSPS) is 12.3. The van der Waals surface area contributed by atoms with E-state index in [9.17, 15) is 14.7 Å². The van der Waals surface area contributed by atoms with E-state index in [1.165, 1.54) is 7.05 Å². The Morgan fingerprint density at radius 3 is 2.19 bits per heavy atom. The third kappa shape index (κ3) is 8.78. The van der Waals surface area contributed by atoms with Crippen molar-refractivity contribution in [2.24, 2.45) is 0 Å². The summed E-state index contributed by atoms with van der Waals surface area (Å²) < 4.78 is 5.28. The predicted molar refractivity (Wildman–Crippen MR) is 119 cm³/mol. The van der Waals surface area contributed by atoms with Gasteiger partial charge in [-0.1, -0.05) is 54.6 Å². The van der Waals surface area contributed by atoms with Gasteiger partial charge in [0.15, 0.2) is 0 Å². The van der Waals surface area contributed by atoms with Crippen molar-refractivity contribution in [1.82, 2.24) is 10.4 Å². The van der Waals surface area contributed by atoms with Crippen LogP contribution in [0.4, 0.5) is 4.79 Å². The van der Waals surface area contributed by atoms with Gasteiger partial charge in [0.05, 0.1) is 6.61 Å². The van der Waals surface area contributed by atoms with Crippen molar-refractivity contribution in [1.29, 1.82) is 0 Å². The molecule has 2 N–H and O–H groups in total. The number of amides is 1. The number of nitrogens with zero attached hydrogens (tertiary/aromatic N) is 1. The number of likely N-dealkylation sites (N-methyl/N-ethyl adjacent to an activating group) is 1. The molecular formula is C24H32N2O5. The minimum atomic E-state index is -1.07. The molecule has 1 atom stereocenters. The van der Waals surface area contributed by atoms with Crippen molar-refractivity contribution in [3.63, 3.8) is 0 Å². The second-order valence-electron chi connectivity index (χ2n) is 8.38. The van der Waals surface area contributed by atoms with Crippen LogP contribution in [0.5, 0.6) is 0 Å². The Hall–Kier alpha value is -2.90. The molecule has 0 fully saturated rings. The number of ether oxygens (including phenoxy) is 1. The van der Waals surface area contributed by atoms with Crippen molar-refractivity contribution in [3.8, 4) is 0 Å². The average molecular weight is 429 g/mol. The number of hydrogen-bond donors (Lipinski definition) is 2. The highest BCUT2D eigenvalue weighted by molar-refractivity contribution is 5.80. The Morgan fingerprint density at radius 1 is 1.00 bits per heavy atom. The smallest absolute Gasteiger partial charge is 0.410 e. The Labute approximate surface area is 183 Å². The molecule has 2 aromatic rings. The highest BCUT2D eigenvalue weighted by atomic mass is 16.6. The second-order valence-corrected chi connectivity index (χ2v) is 8.38. The van der Waals surface area contributed by atoms with Crippen LogP contribution in [0, 0.1) is 0 Å². The van der Waals surface area contributed by atoms with Crippen LogP contribution >= 0.6 is 0 Å². The van der Waals surface area contributed by atoms with Gasteiger partial charge in [-0.25, -0.2) is 15.1 Å². The van der Waals surface area contributed by atoms with Crippen LogP contribution in [0.2, 0.25) is 0 Å². The number of nitrogens with one attached hydrogen (secondary N) is 1. The molecule has 0 aromatic heterocycles. The number of aliphatic carboxylic acids is 1. The Kier molecular flexibility index (Phi) is 9.03. The number of hydrogen-bond acceptors (Lipinski definition) is 5. The molecule has 2 aromatic carbocycles. The van der Waals surface area contributed by atoms with Crippen LogP contribution in [0.1, 0.15) is 37.5 Å². The first-order valence-corrected chi connectivity index (χ1v) is 10.3. The van der Waals surface area contributed by atoms with Gasteiger partial charge in [-0.05, 0) is 43.9 Å². The van der Waals surface area contributed by atoms with Crippen molar-refractivity contribution in [2.45, 2.75) is 51.9 Å². The zero-order valence-corrected chi connectivity index (χ0v) is 18.6. The molecule has 0 spiro atoms. The van der Waals surface area contributed by atoms with Gasteiger partial charge in [-0.2, -0.15) is 0 Å². The number of carbonyl (C=O) groups excluding carboxylic acids is 1. The molecule has 0 saturated carbocycles. The Balaban J connectivity index is 1.82. The second kappa shape index (κ2) is 11.5. The Morgan fingerprint density at radius 2 is 1.61 bits per heavy atom. The monoisotopic (exact) mass is 428 g/mol. The van der Waals surface area contributed by atoms with Crippen LogP contribution in [-0.2, 0) is 33.8 Å². The summed E-state index contributed by atoms with van der Waals surface area (Å²) in [7, 11) is 1.45. The number of carboxylic acids is 1. The van der Waals surface area contributed by atoms with E-state index >= 15 is 0 Å². The summed E-state index contributed by atoms with van der Waals surface area (Å²) in [5.74, 6) is -1.07. The first-order valence-electron chi connectivity index (χ1n) is 10.3. The SMILES string of the molecule is CN(C(=O)OC(C)(C)C)[C@@H](Cc1ccc(CCNOCc2ccccc2)cc1)C(=O)O. The average Bonchev–Trinajstić information content (AvgIpc) is 2.71. The van der Waals surface area contributed by atoms with E-state index in [1.54, 1.807) is 20.8 Å². The molecular weight excluding hydrogens is 396 g/mol. The molecule has 7 heteroatoms. The first kappa shape index (κ1) is 24.4. The van der Waals surface area contributed by atoms with Gasteiger partial charge >= 0.3 is 12.1 Å². The first-order chi connectivity index (χ1) is 14.7. The number of carboxylic acid groups (broad SMARTS) is 1. The standard InChI is InChI=1S/C24H32N2O5/c1-24(2,3)31-23(29)26(4)21(22(27)28)16-19-12-10-18(11-13-19)14-15-25-30-17-20-8-6-5-7-9-20/h5-13,21,25H,14-17H2,1-4H3,(H,27,28)/t21-/m0/s1. The van der Waals surface area contributed by atoms with Gasteiger partial charge in [-0.3, -0.25) is 9.74 Å². The van der Waals surface area contributed by atoms with Gasteiger partial charge in [0.2, 0.25) is 0 Å². The number of benzene rings is 2. The van der Waals surface area contributed by atoms with Gasteiger partial charge in [0.25, 0.3) is 0 Å². The molecule has 2 rings (SSSR count). The zero-order chi connectivity index (χ0) is 22.9. The minimum absolute atomic E-state index is 0.198. The molecule has 31 heavy (non-hydrogen) atoms. The van der Waals surface area contributed by atoms with Gasteiger partial charge < -0.3 is 9.84 Å². The summed E-state index contributed by atoms with van der Waals surface area (Å²) >= 11 is 0. The van der Waals surface area contributed by atoms with Crippen LogP contribution in [0.15, 0.2) is 54.6 Å². The molecule has 0 heterocycles. The largest absolute Gasteiger partial charge is 0.480 e. The third-order valence-corrected chi connectivity index (χ3v) is 4.59. The lowest BCUT2D eigenvalue weighted by Gasteiger charge is -2.28. The van der Waals surface area contributed by atoms with Gasteiger partial charge in [0.1, 0.15) is 11.6 Å². The fourth-order valence-corrected chi connectivity index (χ4v) is 2.89. The lowest BCUT2D eigenvalue weighted by molar-refractivity contribution is -0.142. The van der Waals surface area contributed by atoms with E-state index in [-0.39, 0.29) is 6.42 Å². The summed E-state index contributed by atoms with van der Waals surface area (Å²) in [4.78, 5) is 30.5. The number of rotatable bonds is 10. The quantitative estimate of drug-likeness (QED) is 0.442. The summed E-state index contributed by atoms with van der Waals surface area (Å²) in [5.41, 5.74) is 5.31. The topological polar surface area (TPSA) is 88.1 Å². The molecule has 1 amide bonds. The maximum atomic E-state index is 12.2. The molecule has 0 aliphatic rings. The van der Waals surface area contributed by atoms with Crippen LogP contribution in [0.25, 0.3) is 0 Å². The van der Waals surface area contributed by atoms with Crippen molar-refractivity contribution < 1.29 is 24.3 Å². The molecule has 168 valence electrons. The van der Waals surface area contributed by atoms with E-state index in [0.717, 1.165) is 28.0 Å². The highest BCUT2D eigenvalue weighted by Crippen LogP contribution is 2.15. The lowest BCUT2D eigenvalue weighted by atomic mass is 10.0. The molecule has 0 bridgehead atoms. The van der Waals surface area contributed by atoms with Gasteiger partial charge in [0, 0.05) is 20.0 Å². The molecule has 7 nitrogen and oxygen atoms in total. The Bertz CT molecular complexity index is 831. The summed E-state index contributed by atoms with van der Waals surface area (Å²) in [5, 5.41) is 9.58. The fourth-order valence-electron chi connectivity index (χ4n) is 2.89. The molecule has 0 saturated heterocycles. The van der Waals surface area contributed by atoms with E-state index in [1.807, 2.05) is 54.6 Å². The van der Waals surface area contributed by atoms with Gasteiger partial charge in [-0.15, -0.1) is 0 Å². The fraction of sp³-hybridized carbons (Fsp3) is 0.417. The van der Waals surface area contributed by atoms with E-state index in [0.29, 0.717) is 13.2 Å². The van der Waals surface area contributed by atoms with Crippen molar-refractivity contribution in [3.05, 3.63) is 71.3 Å². The maximum absolute atomic E-state index is 12.2. The van der Waals surface area contributed by atoms with Crippen molar-refractivity contribution >= 4 is 12.1 Å². The summed E-state index contributed by atoms with van der Waals surface area (Å²) in [6, 6.07) is 16.6. The van der Waals surface area contributed by atoms with Crippen LogP contribution in [0.3, 0.4) is 0 Å². The van der Waals surface area contributed by atoms with Crippen molar-refractivity contribution in [2.75, 3.05) is 13.6 Å². The number of carbonyl (C=O) groups is 2. The third-order valence-electron chi connectivity index (χ3n) is 4.59. The molecule has 0 aliphatic heterocycles.